The van der Waals surface area contributed by atoms with Crippen LogP contribution in [0.2, 0.25) is 0 Å². The average Bonchev–Trinajstić information content (AvgIpc) is 2.72. The topological polar surface area (TPSA) is 77.0 Å². The predicted molar refractivity (Wildman–Crippen MR) is 105 cm³/mol. The number of benzene rings is 2. The molecular formula is C21H23NO5S. The molecule has 2 aromatic carbocycles. The number of hydrogen-bond acceptors (Lipinski definition) is 6. The van der Waals surface area contributed by atoms with Gasteiger partial charge in [0.15, 0.2) is 6.29 Å². The Hall–Kier alpha value is -1.90. The largest absolute Gasteiger partial charge is 0.388 e. The molecule has 2 N–H and O–H groups in total. The first-order chi connectivity index (χ1) is 13.6. The predicted octanol–water partition coefficient (Wildman–Crippen LogP) is 2.48. The van der Waals surface area contributed by atoms with Crippen LogP contribution in [0.4, 0.5) is 0 Å². The van der Waals surface area contributed by atoms with Crippen LogP contribution in [-0.2, 0) is 19.0 Å². The summed E-state index contributed by atoms with van der Waals surface area (Å²) in [5.74, 6) is -0.226. The summed E-state index contributed by atoms with van der Waals surface area (Å²) in [5, 5.41) is 13.9. The molecule has 2 aliphatic rings. The van der Waals surface area contributed by atoms with Crippen molar-refractivity contribution in [2.75, 3.05) is 6.61 Å². The number of carbonyl (C=O) groups is 1. The average molecular weight is 401 g/mol. The van der Waals surface area contributed by atoms with E-state index >= 15 is 0 Å². The summed E-state index contributed by atoms with van der Waals surface area (Å²) in [7, 11) is 0. The molecule has 2 aromatic rings. The van der Waals surface area contributed by atoms with Gasteiger partial charge in [0.1, 0.15) is 23.7 Å². The zero-order valence-electron chi connectivity index (χ0n) is 15.4. The summed E-state index contributed by atoms with van der Waals surface area (Å²) in [6, 6.07) is 18.7. The normalized spacial score (nSPS) is 32.4. The van der Waals surface area contributed by atoms with Crippen molar-refractivity contribution in [2.24, 2.45) is 0 Å². The molecule has 7 heteroatoms. The van der Waals surface area contributed by atoms with Crippen LogP contribution >= 0.6 is 11.8 Å². The molecule has 2 saturated heterocycles. The zero-order valence-corrected chi connectivity index (χ0v) is 16.2. The van der Waals surface area contributed by atoms with Gasteiger partial charge in [0.25, 0.3) is 0 Å². The Morgan fingerprint density at radius 3 is 2.43 bits per heavy atom. The third kappa shape index (κ3) is 4.24. The fourth-order valence-corrected chi connectivity index (χ4v) is 4.65. The number of amides is 1. The van der Waals surface area contributed by atoms with E-state index in [1.54, 1.807) is 0 Å². The molecule has 0 bridgehead atoms. The fraction of sp³-hybridized carbons (Fsp3) is 0.381. The van der Waals surface area contributed by atoms with Gasteiger partial charge in [-0.25, -0.2) is 0 Å². The maximum Gasteiger partial charge on any atom is 0.217 e. The third-order valence-electron chi connectivity index (χ3n) is 4.80. The first-order valence-electron chi connectivity index (χ1n) is 9.26. The molecule has 2 aliphatic heterocycles. The Morgan fingerprint density at radius 2 is 1.75 bits per heavy atom. The fourth-order valence-electron chi connectivity index (χ4n) is 3.49. The molecule has 0 aliphatic carbocycles. The van der Waals surface area contributed by atoms with E-state index in [-0.39, 0.29) is 5.91 Å². The standard InChI is InChI=1S/C21H23NO5S/c1-13(23)22-17-18(24)19-16(26-21(17)28-15-10-6-3-7-11-15)12-25-20(27-19)14-8-4-2-5-9-14/h2-11,16-21,24H,12H2,1H3,(H,22,23)/t16?,17-,18-,19-,20?,21+/m0/s1. The highest BCUT2D eigenvalue weighted by molar-refractivity contribution is 7.99. The summed E-state index contributed by atoms with van der Waals surface area (Å²) in [6.45, 7) is 1.74. The minimum Gasteiger partial charge on any atom is -0.388 e. The lowest BCUT2D eigenvalue weighted by atomic mass is 9.96. The van der Waals surface area contributed by atoms with Crippen molar-refractivity contribution < 1.29 is 24.1 Å². The quantitative estimate of drug-likeness (QED) is 0.820. The summed E-state index contributed by atoms with van der Waals surface area (Å²) < 4.78 is 18.1. The maximum absolute atomic E-state index is 11.7. The van der Waals surface area contributed by atoms with Gasteiger partial charge in [-0.2, -0.15) is 0 Å². The molecule has 0 spiro atoms. The van der Waals surface area contributed by atoms with Crippen molar-refractivity contribution >= 4 is 17.7 Å². The van der Waals surface area contributed by atoms with Crippen LogP contribution in [0.15, 0.2) is 65.6 Å². The molecule has 2 heterocycles. The molecule has 2 fully saturated rings. The van der Waals surface area contributed by atoms with Crippen LogP contribution in [-0.4, -0.2) is 47.4 Å². The number of ether oxygens (including phenoxy) is 3. The summed E-state index contributed by atoms with van der Waals surface area (Å²) in [5.41, 5.74) is 0.424. The van der Waals surface area contributed by atoms with Crippen molar-refractivity contribution in [2.45, 2.75) is 47.9 Å². The second-order valence-electron chi connectivity index (χ2n) is 6.87. The Bertz CT molecular complexity index is 790. The van der Waals surface area contributed by atoms with E-state index < -0.39 is 36.1 Å². The van der Waals surface area contributed by atoms with Crippen LogP contribution < -0.4 is 5.32 Å². The number of rotatable bonds is 4. The third-order valence-corrected chi connectivity index (χ3v) is 5.98. The van der Waals surface area contributed by atoms with Crippen molar-refractivity contribution in [3.8, 4) is 0 Å². The number of fused-ring (bicyclic) bond motifs is 1. The number of aliphatic hydroxyl groups is 1. The van der Waals surface area contributed by atoms with E-state index in [4.69, 9.17) is 14.2 Å². The number of hydrogen-bond donors (Lipinski definition) is 2. The first kappa shape index (κ1) is 19.4. The van der Waals surface area contributed by atoms with Gasteiger partial charge in [-0.05, 0) is 12.1 Å². The first-order valence-corrected chi connectivity index (χ1v) is 10.1. The van der Waals surface area contributed by atoms with Gasteiger partial charge >= 0.3 is 0 Å². The molecular weight excluding hydrogens is 378 g/mol. The van der Waals surface area contributed by atoms with Gasteiger partial charge in [0.05, 0.1) is 12.6 Å². The SMILES string of the molecule is CC(=O)N[C@H]1[C@H](O)[C@H]2OC(c3ccccc3)OCC2O[C@@H]1Sc1ccccc1. The van der Waals surface area contributed by atoms with Gasteiger partial charge in [-0.1, -0.05) is 60.3 Å². The molecule has 6 atom stereocenters. The van der Waals surface area contributed by atoms with Crippen LogP contribution in [0.1, 0.15) is 18.8 Å². The lowest BCUT2D eigenvalue weighted by Gasteiger charge is -2.47. The van der Waals surface area contributed by atoms with Crippen LogP contribution in [0.3, 0.4) is 0 Å². The van der Waals surface area contributed by atoms with Crippen LogP contribution in [0.25, 0.3) is 0 Å². The number of thioether (sulfide) groups is 1. The van der Waals surface area contributed by atoms with Gasteiger partial charge in [0, 0.05) is 17.4 Å². The number of aliphatic hydroxyl groups excluding tert-OH is 1. The van der Waals surface area contributed by atoms with Crippen LogP contribution in [0.5, 0.6) is 0 Å². The molecule has 0 radical (unpaired) electrons. The molecule has 4 rings (SSSR count). The highest BCUT2D eigenvalue weighted by Gasteiger charge is 2.49. The molecule has 0 aromatic heterocycles. The lowest BCUT2D eigenvalue weighted by Crippen LogP contribution is -2.65. The Labute approximate surface area is 168 Å². The minimum atomic E-state index is -0.918. The van der Waals surface area contributed by atoms with Gasteiger partial charge in [-0.15, -0.1) is 0 Å². The van der Waals surface area contributed by atoms with Gasteiger partial charge < -0.3 is 24.6 Å². The molecule has 28 heavy (non-hydrogen) atoms. The maximum atomic E-state index is 11.7. The lowest BCUT2D eigenvalue weighted by molar-refractivity contribution is -0.306. The number of nitrogens with one attached hydrogen (secondary N) is 1. The van der Waals surface area contributed by atoms with Gasteiger partial charge in [0.2, 0.25) is 5.91 Å². The molecule has 148 valence electrons. The van der Waals surface area contributed by atoms with Crippen LogP contribution in [0, 0.1) is 0 Å². The second kappa shape index (κ2) is 8.63. The van der Waals surface area contributed by atoms with E-state index in [0.29, 0.717) is 6.61 Å². The number of carbonyl (C=O) groups excluding carboxylic acids is 1. The Morgan fingerprint density at radius 1 is 1.07 bits per heavy atom. The van der Waals surface area contributed by atoms with Crippen molar-refractivity contribution in [3.63, 3.8) is 0 Å². The monoisotopic (exact) mass is 401 g/mol. The highest BCUT2D eigenvalue weighted by atomic mass is 32.2. The summed E-state index contributed by atoms with van der Waals surface area (Å²) in [6.07, 6.45) is -2.50. The van der Waals surface area contributed by atoms with E-state index in [0.717, 1.165) is 10.5 Å². The van der Waals surface area contributed by atoms with E-state index in [2.05, 4.69) is 5.32 Å². The summed E-state index contributed by atoms with van der Waals surface area (Å²) in [4.78, 5) is 12.7. The van der Waals surface area contributed by atoms with Crippen molar-refractivity contribution in [3.05, 3.63) is 66.2 Å². The Balaban J connectivity index is 1.53. The molecule has 6 nitrogen and oxygen atoms in total. The molecule has 0 saturated carbocycles. The van der Waals surface area contributed by atoms with E-state index in [1.807, 2.05) is 60.7 Å². The van der Waals surface area contributed by atoms with Crippen molar-refractivity contribution in [1.82, 2.24) is 5.32 Å². The smallest absolute Gasteiger partial charge is 0.217 e. The highest BCUT2D eigenvalue weighted by Crippen LogP contribution is 2.38. The second-order valence-corrected chi connectivity index (χ2v) is 8.04. The van der Waals surface area contributed by atoms with Crippen molar-refractivity contribution in [1.29, 1.82) is 0 Å². The van der Waals surface area contributed by atoms with E-state index in [1.165, 1.54) is 18.7 Å². The minimum absolute atomic E-state index is 0.226. The zero-order chi connectivity index (χ0) is 19.5. The molecule has 1 amide bonds. The van der Waals surface area contributed by atoms with E-state index in [9.17, 15) is 9.90 Å². The molecule has 2 unspecified atom stereocenters. The van der Waals surface area contributed by atoms with Gasteiger partial charge in [-0.3, -0.25) is 4.79 Å². The Kier molecular flexibility index (Phi) is 5.99. The summed E-state index contributed by atoms with van der Waals surface area (Å²) >= 11 is 1.46.